The molecule has 0 unspecified atom stereocenters. The Labute approximate surface area is 155 Å². The van der Waals surface area contributed by atoms with Crippen LogP contribution in [0.25, 0.3) is 11.4 Å². The van der Waals surface area contributed by atoms with Gasteiger partial charge in [-0.2, -0.15) is 4.98 Å². The summed E-state index contributed by atoms with van der Waals surface area (Å²) in [6, 6.07) is 13.8. The number of rotatable bonds is 7. The highest BCUT2D eigenvalue weighted by Gasteiger charge is 2.16. The van der Waals surface area contributed by atoms with Gasteiger partial charge in [-0.25, -0.2) is 13.1 Å². The zero-order valence-electron chi connectivity index (χ0n) is 14.2. The molecular formula is C17H17N3O4S2. The van der Waals surface area contributed by atoms with Crippen LogP contribution >= 0.6 is 11.8 Å². The average molecular weight is 391 g/mol. The van der Waals surface area contributed by atoms with Gasteiger partial charge in [0, 0.05) is 10.5 Å². The minimum Gasteiger partial charge on any atom is -0.497 e. The van der Waals surface area contributed by atoms with E-state index >= 15 is 0 Å². The standard InChI is InChI=1S/C17H17N3O4S2/c1-23-13-5-3-4-12(10-13)17-19-16(24-20-17)11-18-26(21,22)15-8-6-14(25-2)7-9-15/h3-10,18H,11H2,1-2H3. The molecule has 0 aliphatic carbocycles. The summed E-state index contributed by atoms with van der Waals surface area (Å²) in [7, 11) is -2.09. The summed E-state index contributed by atoms with van der Waals surface area (Å²) in [4.78, 5) is 5.39. The lowest BCUT2D eigenvalue weighted by Gasteiger charge is -2.05. The summed E-state index contributed by atoms with van der Waals surface area (Å²) in [5.41, 5.74) is 0.717. The van der Waals surface area contributed by atoms with E-state index < -0.39 is 10.0 Å². The topological polar surface area (TPSA) is 94.3 Å². The SMILES string of the molecule is COc1cccc(-c2noc(CNS(=O)(=O)c3ccc(SC)cc3)n2)c1. The number of benzene rings is 2. The van der Waals surface area contributed by atoms with Crippen molar-refractivity contribution in [3.63, 3.8) is 0 Å². The largest absolute Gasteiger partial charge is 0.497 e. The van der Waals surface area contributed by atoms with E-state index in [1.807, 2.05) is 18.4 Å². The highest BCUT2D eigenvalue weighted by Crippen LogP contribution is 2.21. The average Bonchev–Trinajstić information content (AvgIpc) is 3.16. The minimum atomic E-state index is -3.66. The monoisotopic (exact) mass is 391 g/mol. The fourth-order valence-corrected chi connectivity index (χ4v) is 3.58. The second-order valence-corrected chi connectivity index (χ2v) is 7.89. The first-order chi connectivity index (χ1) is 12.5. The van der Waals surface area contributed by atoms with Gasteiger partial charge in [0.2, 0.25) is 21.7 Å². The van der Waals surface area contributed by atoms with Gasteiger partial charge in [-0.1, -0.05) is 17.3 Å². The maximum Gasteiger partial charge on any atom is 0.242 e. The van der Waals surface area contributed by atoms with E-state index in [0.717, 1.165) is 10.5 Å². The van der Waals surface area contributed by atoms with Crippen LogP contribution in [0, 0.1) is 0 Å². The fraction of sp³-hybridized carbons (Fsp3) is 0.176. The molecule has 2 aromatic carbocycles. The van der Waals surface area contributed by atoms with Crippen molar-refractivity contribution in [2.24, 2.45) is 0 Å². The Morgan fingerprint density at radius 1 is 1.19 bits per heavy atom. The van der Waals surface area contributed by atoms with E-state index in [0.29, 0.717) is 11.6 Å². The third kappa shape index (κ3) is 4.24. The van der Waals surface area contributed by atoms with Gasteiger partial charge in [-0.3, -0.25) is 0 Å². The second-order valence-electron chi connectivity index (χ2n) is 5.24. The van der Waals surface area contributed by atoms with Crippen LogP contribution in [0.3, 0.4) is 0 Å². The Kier molecular flexibility index (Phi) is 5.60. The molecule has 3 rings (SSSR count). The van der Waals surface area contributed by atoms with Crippen LogP contribution in [-0.2, 0) is 16.6 Å². The van der Waals surface area contributed by atoms with Gasteiger partial charge < -0.3 is 9.26 Å². The van der Waals surface area contributed by atoms with E-state index in [-0.39, 0.29) is 17.3 Å². The fourth-order valence-electron chi connectivity index (χ4n) is 2.20. The van der Waals surface area contributed by atoms with Gasteiger partial charge in [-0.15, -0.1) is 11.8 Å². The summed E-state index contributed by atoms with van der Waals surface area (Å²) >= 11 is 1.54. The molecule has 3 aromatic rings. The number of hydrogen-bond donors (Lipinski definition) is 1. The number of sulfonamides is 1. The molecule has 0 fully saturated rings. The van der Waals surface area contributed by atoms with Crippen LogP contribution in [0.4, 0.5) is 0 Å². The molecular weight excluding hydrogens is 374 g/mol. The predicted molar refractivity (Wildman–Crippen MR) is 98.5 cm³/mol. The molecule has 0 spiro atoms. The van der Waals surface area contributed by atoms with Crippen LogP contribution in [0.2, 0.25) is 0 Å². The van der Waals surface area contributed by atoms with Crippen molar-refractivity contribution in [1.82, 2.24) is 14.9 Å². The molecule has 7 nitrogen and oxygen atoms in total. The van der Waals surface area contributed by atoms with Crippen LogP contribution < -0.4 is 9.46 Å². The van der Waals surface area contributed by atoms with Crippen LogP contribution in [0.15, 0.2) is 62.8 Å². The Morgan fingerprint density at radius 2 is 1.96 bits per heavy atom. The van der Waals surface area contributed by atoms with Gasteiger partial charge in [0.05, 0.1) is 18.6 Å². The summed E-state index contributed by atoms with van der Waals surface area (Å²) in [6.07, 6.45) is 1.93. The molecule has 26 heavy (non-hydrogen) atoms. The molecule has 1 aromatic heterocycles. The lowest BCUT2D eigenvalue weighted by atomic mass is 10.2. The number of nitrogens with one attached hydrogen (secondary N) is 1. The second kappa shape index (κ2) is 7.90. The molecule has 9 heteroatoms. The van der Waals surface area contributed by atoms with Gasteiger partial charge in [0.1, 0.15) is 5.75 Å². The Morgan fingerprint density at radius 3 is 2.65 bits per heavy atom. The normalized spacial score (nSPS) is 11.5. The zero-order chi connectivity index (χ0) is 18.6. The number of thioether (sulfide) groups is 1. The highest BCUT2D eigenvalue weighted by atomic mass is 32.2. The first-order valence-corrected chi connectivity index (χ1v) is 10.3. The van der Waals surface area contributed by atoms with Crippen molar-refractivity contribution in [3.05, 3.63) is 54.4 Å². The van der Waals surface area contributed by atoms with Crippen molar-refractivity contribution in [2.75, 3.05) is 13.4 Å². The molecule has 0 atom stereocenters. The third-order valence-electron chi connectivity index (χ3n) is 3.58. The van der Waals surface area contributed by atoms with Crippen LogP contribution in [0.1, 0.15) is 5.89 Å². The summed E-state index contributed by atoms with van der Waals surface area (Å²) < 4.78 is 37.4. The summed E-state index contributed by atoms with van der Waals surface area (Å²) in [6.45, 7) is -0.0937. The summed E-state index contributed by atoms with van der Waals surface area (Å²) in [5, 5.41) is 3.88. The molecule has 1 heterocycles. The number of hydrogen-bond acceptors (Lipinski definition) is 7. The zero-order valence-corrected chi connectivity index (χ0v) is 15.8. The molecule has 0 saturated heterocycles. The van der Waals surface area contributed by atoms with Crippen molar-refractivity contribution in [2.45, 2.75) is 16.3 Å². The maximum absolute atomic E-state index is 12.3. The number of ether oxygens (including phenoxy) is 1. The highest BCUT2D eigenvalue weighted by molar-refractivity contribution is 7.98. The molecule has 0 aliphatic heterocycles. The van der Waals surface area contributed by atoms with Crippen LogP contribution in [-0.4, -0.2) is 31.9 Å². The van der Waals surface area contributed by atoms with Gasteiger partial charge in [-0.05, 0) is 42.7 Å². The molecule has 0 saturated carbocycles. The molecule has 0 bridgehead atoms. The van der Waals surface area contributed by atoms with Crippen molar-refractivity contribution in [3.8, 4) is 17.1 Å². The molecule has 136 valence electrons. The quantitative estimate of drug-likeness (QED) is 0.619. The van der Waals surface area contributed by atoms with Crippen LogP contribution in [0.5, 0.6) is 5.75 Å². The Balaban J connectivity index is 1.70. The van der Waals surface area contributed by atoms with Gasteiger partial charge in [0.25, 0.3) is 0 Å². The molecule has 0 amide bonds. The maximum atomic E-state index is 12.3. The Hall–Kier alpha value is -2.36. The van der Waals surface area contributed by atoms with Crippen molar-refractivity contribution in [1.29, 1.82) is 0 Å². The van der Waals surface area contributed by atoms with Crippen molar-refractivity contribution >= 4 is 21.8 Å². The first-order valence-electron chi connectivity index (χ1n) is 7.62. The summed E-state index contributed by atoms with van der Waals surface area (Å²) in [5.74, 6) is 1.21. The Bertz CT molecular complexity index is 985. The van der Waals surface area contributed by atoms with E-state index in [1.165, 1.54) is 0 Å². The molecule has 0 radical (unpaired) electrons. The van der Waals surface area contributed by atoms with Gasteiger partial charge in [0.15, 0.2) is 0 Å². The van der Waals surface area contributed by atoms with E-state index in [9.17, 15) is 8.42 Å². The number of methoxy groups -OCH3 is 1. The van der Waals surface area contributed by atoms with E-state index in [1.54, 1.807) is 55.3 Å². The van der Waals surface area contributed by atoms with Crippen molar-refractivity contribution < 1.29 is 17.7 Å². The van der Waals surface area contributed by atoms with E-state index in [4.69, 9.17) is 9.26 Å². The lowest BCUT2D eigenvalue weighted by Crippen LogP contribution is -2.23. The first kappa shape index (κ1) is 18.4. The van der Waals surface area contributed by atoms with Gasteiger partial charge >= 0.3 is 0 Å². The molecule has 1 N–H and O–H groups in total. The minimum absolute atomic E-state index is 0.0937. The number of aromatic nitrogens is 2. The van der Waals surface area contributed by atoms with E-state index in [2.05, 4.69) is 14.9 Å². The third-order valence-corrected chi connectivity index (χ3v) is 5.74. The predicted octanol–water partition coefficient (Wildman–Crippen LogP) is 2.95. The molecule has 0 aliphatic rings. The number of nitrogens with zero attached hydrogens (tertiary/aromatic N) is 2. The smallest absolute Gasteiger partial charge is 0.242 e. The lowest BCUT2D eigenvalue weighted by molar-refractivity contribution is 0.376.